The van der Waals surface area contributed by atoms with Crippen molar-refractivity contribution in [2.75, 3.05) is 39.4 Å². The van der Waals surface area contributed by atoms with Crippen LogP contribution in [0.5, 0.6) is 0 Å². The molecule has 0 bridgehead atoms. The molecule has 3 heterocycles. The van der Waals surface area contributed by atoms with Gasteiger partial charge < -0.3 is 14.2 Å². The molecule has 0 N–H and O–H groups in total. The molecule has 0 radical (unpaired) electrons. The van der Waals surface area contributed by atoms with Crippen LogP contribution in [0.1, 0.15) is 41.7 Å². The molecule has 162 valence electrons. The second-order valence-electron chi connectivity index (χ2n) is 7.73. The molecule has 2 aliphatic rings. The third kappa shape index (κ3) is 4.14. The van der Waals surface area contributed by atoms with Gasteiger partial charge in [0.25, 0.3) is 5.91 Å². The fourth-order valence-corrected chi connectivity index (χ4v) is 5.91. The first kappa shape index (κ1) is 21.0. The highest BCUT2D eigenvalue weighted by Gasteiger charge is 2.30. The molecule has 1 aromatic heterocycles. The van der Waals surface area contributed by atoms with E-state index in [1.807, 2.05) is 24.3 Å². The lowest BCUT2D eigenvalue weighted by molar-refractivity contribution is 0.0693. The summed E-state index contributed by atoms with van der Waals surface area (Å²) in [6.07, 6.45) is 7.83. The van der Waals surface area contributed by atoms with Crippen LogP contribution in [0.15, 0.2) is 41.8 Å². The van der Waals surface area contributed by atoms with E-state index in [0.29, 0.717) is 57.4 Å². The fraction of sp³-hybridized carbons (Fsp3) is 0.524. The van der Waals surface area contributed by atoms with E-state index in [-0.39, 0.29) is 10.8 Å². The second kappa shape index (κ2) is 8.87. The van der Waals surface area contributed by atoms with Crippen LogP contribution >= 0.6 is 0 Å². The number of piperidine rings is 1. The number of amides is 1. The smallest absolute Gasteiger partial charge is 0.253 e. The van der Waals surface area contributed by atoms with Gasteiger partial charge in [-0.1, -0.05) is 13.0 Å². The first-order valence-corrected chi connectivity index (χ1v) is 11.9. The van der Waals surface area contributed by atoms with E-state index in [1.54, 1.807) is 24.4 Å². The van der Waals surface area contributed by atoms with Gasteiger partial charge in [-0.05, 0) is 37.0 Å². The van der Waals surface area contributed by atoms with Crippen molar-refractivity contribution in [1.29, 1.82) is 0 Å². The van der Waals surface area contributed by atoms with Crippen molar-refractivity contribution in [1.82, 2.24) is 18.8 Å². The predicted octanol–water partition coefficient (Wildman–Crippen LogP) is 1.94. The first-order valence-electron chi connectivity index (χ1n) is 10.5. The average molecular weight is 433 g/mol. The number of aromatic nitrogens is 2. The summed E-state index contributed by atoms with van der Waals surface area (Å²) in [5.74, 6) is -0.111. The van der Waals surface area contributed by atoms with Gasteiger partial charge in [0, 0.05) is 50.2 Å². The number of morpholine rings is 1. The van der Waals surface area contributed by atoms with E-state index in [0.717, 1.165) is 18.4 Å². The van der Waals surface area contributed by atoms with Crippen LogP contribution in [-0.4, -0.2) is 72.5 Å². The first-order chi connectivity index (χ1) is 14.5. The molecule has 0 aliphatic carbocycles. The molecule has 1 amide bonds. The van der Waals surface area contributed by atoms with Crippen LogP contribution in [0.25, 0.3) is 0 Å². The summed E-state index contributed by atoms with van der Waals surface area (Å²) >= 11 is 0. The normalized spacial score (nSPS) is 19.2. The van der Waals surface area contributed by atoms with Crippen molar-refractivity contribution in [2.24, 2.45) is 0 Å². The number of carbonyl (C=O) groups is 1. The molecule has 1 aromatic carbocycles. The molecule has 30 heavy (non-hydrogen) atoms. The molecule has 8 nitrogen and oxygen atoms in total. The van der Waals surface area contributed by atoms with Gasteiger partial charge in [-0.3, -0.25) is 4.79 Å². The predicted molar refractivity (Wildman–Crippen MR) is 112 cm³/mol. The van der Waals surface area contributed by atoms with Crippen molar-refractivity contribution in [3.05, 3.63) is 48.0 Å². The Labute approximate surface area is 177 Å². The van der Waals surface area contributed by atoms with Gasteiger partial charge in [-0.2, -0.15) is 4.31 Å². The summed E-state index contributed by atoms with van der Waals surface area (Å²) in [6.45, 7) is 4.68. The SMILES string of the molecule is CCc1ccc(C(=O)N2CCC(n3ccnc3)CC2)cc1S(=O)(=O)N1CCOCC1. The van der Waals surface area contributed by atoms with Gasteiger partial charge in [-0.25, -0.2) is 13.4 Å². The molecule has 9 heteroatoms. The van der Waals surface area contributed by atoms with Gasteiger partial charge in [0.05, 0.1) is 24.4 Å². The van der Waals surface area contributed by atoms with Crippen molar-refractivity contribution in [3.8, 4) is 0 Å². The van der Waals surface area contributed by atoms with Crippen molar-refractivity contribution in [3.63, 3.8) is 0 Å². The minimum absolute atomic E-state index is 0.111. The molecule has 2 aromatic rings. The fourth-order valence-electron chi connectivity index (χ4n) is 4.18. The van der Waals surface area contributed by atoms with Crippen LogP contribution in [0.3, 0.4) is 0 Å². The number of imidazole rings is 1. The van der Waals surface area contributed by atoms with Gasteiger partial charge in [-0.15, -0.1) is 0 Å². The van der Waals surface area contributed by atoms with E-state index in [4.69, 9.17) is 4.74 Å². The number of hydrogen-bond donors (Lipinski definition) is 0. The monoisotopic (exact) mass is 432 g/mol. The van der Waals surface area contributed by atoms with Crippen LogP contribution in [0, 0.1) is 0 Å². The number of hydrogen-bond acceptors (Lipinski definition) is 5. The standard InChI is InChI=1S/C21H28N4O4S/c1-2-17-3-4-18(15-20(17)30(27,28)25-11-13-29-14-12-25)21(26)23-8-5-19(6-9-23)24-10-7-22-16-24/h3-4,7,10,15-16,19H,2,5-6,8-9,11-14H2,1H3. The molecule has 0 atom stereocenters. The number of aryl methyl sites for hydroxylation is 1. The molecule has 4 rings (SSSR count). The van der Waals surface area contributed by atoms with Crippen LogP contribution < -0.4 is 0 Å². The zero-order chi connectivity index (χ0) is 21.1. The Morgan fingerprint density at radius 1 is 1.17 bits per heavy atom. The highest BCUT2D eigenvalue weighted by atomic mass is 32.2. The highest BCUT2D eigenvalue weighted by molar-refractivity contribution is 7.89. The third-order valence-corrected chi connectivity index (χ3v) is 7.96. The van der Waals surface area contributed by atoms with E-state index in [2.05, 4.69) is 9.55 Å². The molecular weight excluding hydrogens is 404 g/mol. The number of nitrogens with zero attached hydrogens (tertiary/aromatic N) is 4. The maximum Gasteiger partial charge on any atom is 0.253 e. The quantitative estimate of drug-likeness (QED) is 0.721. The molecule has 2 saturated heterocycles. The molecule has 0 saturated carbocycles. The van der Waals surface area contributed by atoms with Gasteiger partial charge in [0.15, 0.2) is 0 Å². The minimum Gasteiger partial charge on any atom is -0.379 e. The number of rotatable bonds is 5. The number of benzene rings is 1. The van der Waals surface area contributed by atoms with E-state index in [9.17, 15) is 13.2 Å². The number of ether oxygens (including phenoxy) is 1. The summed E-state index contributed by atoms with van der Waals surface area (Å²) in [4.78, 5) is 19.3. The van der Waals surface area contributed by atoms with E-state index >= 15 is 0 Å². The van der Waals surface area contributed by atoms with Crippen LogP contribution in [0.2, 0.25) is 0 Å². The lowest BCUT2D eigenvalue weighted by Crippen LogP contribution is -2.41. The lowest BCUT2D eigenvalue weighted by Gasteiger charge is -2.33. The van der Waals surface area contributed by atoms with Gasteiger partial charge in [0.2, 0.25) is 10.0 Å². The largest absolute Gasteiger partial charge is 0.379 e. The van der Waals surface area contributed by atoms with Crippen LogP contribution in [-0.2, 0) is 21.2 Å². The molecule has 2 fully saturated rings. The molecule has 0 spiro atoms. The summed E-state index contributed by atoms with van der Waals surface area (Å²) < 4.78 is 35.3. The zero-order valence-electron chi connectivity index (χ0n) is 17.2. The van der Waals surface area contributed by atoms with Crippen molar-refractivity contribution in [2.45, 2.75) is 37.1 Å². The summed E-state index contributed by atoms with van der Waals surface area (Å²) in [5.41, 5.74) is 1.16. The number of carbonyl (C=O) groups excluding carboxylic acids is 1. The summed E-state index contributed by atoms with van der Waals surface area (Å²) in [6, 6.07) is 5.44. The lowest BCUT2D eigenvalue weighted by atomic mass is 10.0. The summed E-state index contributed by atoms with van der Waals surface area (Å²) in [7, 11) is -3.66. The average Bonchev–Trinajstić information content (AvgIpc) is 3.34. The topological polar surface area (TPSA) is 84.7 Å². The molecule has 0 unspecified atom stereocenters. The Balaban J connectivity index is 1.53. The highest BCUT2D eigenvalue weighted by Crippen LogP contribution is 2.26. The summed E-state index contributed by atoms with van der Waals surface area (Å²) in [5, 5.41) is 0. The Morgan fingerprint density at radius 2 is 1.90 bits per heavy atom. The van der Waals surface area contributed by atoms with Crippen LogP contribution in [0.4, 0.5) is 0 Å². The molecule has 2 aliphatic heterocycles. The number of sulfonamides is 1. The van der Waals surface area contributed by atoms with Crippen molar-refractivity contribution < 1.29 is 17.9 Å². The Hall–Kier alpha value is -2.23. The maximum absolute atomic E-state index is 13.2. The molecular formula is C21H28N4O4S. The van der Waals surface area contributed by atoms with Gasteiger partial charge in [0.1, 0.15) is 0 Å². The zero-order valence-corrected chi connectivity index (χ0v) is 18.1. The Bertz CT molecular complexity index is 976. The van der Waals surface area contributed by atoms with E-state index in [1.165, 1.54) is 4.31 Å². The van der Waals surface area contributed by atoms with E-state index < -0.39 is 10.0 Å². The number of likely N-dealkylation sites (tertiary alicyclic amines) is 1. The Kier molecular flexibility index (Phi) is 6.21. The minimum atomic E-state index is -3.66. The third-order valence-electron chi connectivity index (χ3n) is 5.98. The maximum atomic E-state index is 13.2. The van der Waals surface area contributed by atoms with Crippen molar-refractivity contribution >= 4 is 15.9 Å². The second-order valence-corrected chi connectivity index (χ2v) is 9.63. The Morgan fingerprint density at radius 3 is 2.53 bits per heavy atom. The van der Waals surface area contributed by atoms with Gasteiger partial charge >= 0.3 is 0 Å².